The van der Waals surface area contributed by atoms with Crippen molar-refractivity contribution in [2.45, 2.75) is 78.6 Å². The fourth-order valence-electron chi connectivity index (χ4n) is 4.80. The van der Waals surface area contributed by atoms with Crippen LogP contribution >= 0.6 is 0 Å². The topological polar surface area (TPSA) is 106 Å². The number of ether oxygens (including phenoxy) is 1. The van der Waals surface area contributed by atoms with Gasteiger partial charge >= 0.3 is 5.97 Å². The van der Waals surface area contributed by atoms with E-state index in [1.165, 1.54) is 29.5 Å². The summed E-state index contributed by atoms with van der Waals surface area (Å²) >= 11 is 0. The van der Waals surface area contributed by atoms with Crippen molar-refractivity contribution in [3.05, 3.63) is 51.1 Å². The molecule has 0 spiro atoms. The Kier molecular flexibility index (Phi) is 7.17. The standard InChI is InChI=1S/C24H32N6O3/c1-4-33-22(31)15-30-21(26-27-28-30)14-29(20-8-6-5-7-9-20)13-19-12-18-11-16(2)10-17(3)23(18)25-24(19)32/h10-12,20H,4-9,13-15H2,1-3H3,(H,25,32). The van der Waals surface area contributed by atoms with E-state index in [9.17, 15) is 9.59 Å². The molecule has 1 saturated carbocycles. The van der Waals surface area contributed by atoms with Crippen molar-refractivity contribution < 1.29 is 9.53 Å². The number of hydrogen-bond acceptors (Lipinski definition) is 7. The van der Waals surface area contributed by atoms with Gasteiger partial charge < -0.3 is 9.72 Å². The van der Waals surface area contributed by atoms with Crippen LogP contribution in [0.5, 0.6) is 0 Å². The first-order chi connectivity index (χ1) is 15.9. The average molecular weight is 453 g/mol. The Morgan fingerprint density at radius 3 is 2.73 bits per heavy atom. The molecule has 1 fully saturated rings. The number of aromatic nitrogens is 5. The van der Waals surface area contributed by atoms with Gasteiger partial charge in [-0.1, -0.05) is 30.9 Å². The first kappa shape index (κ1) is 23.1. The van der Waals surface area contributed by atoms with E-state index in [2.05, 4.69) is 44.5 Å². The van der Waals surface area contributed by atoms with Gasteiger partial charge in [-0.25, -0.2) is 4.68 Å². The highest BCUT2D eigenvalue weighted by atomic mass is 16.5. The largest absolute Gasteiger partial charge is 0.465 e. The molecule has 1 aliphatic rings. The summed E-state index contributed by atoms with van der Waals surface area (Å²) < 4.78 is 6.54. The van der Waals surface area contributed by atoms with Crippen LogP contribution in [0.1, 0.15) is 61.5 Å². The van der Waals surface area contributed by atoms with Crippen LogP contribution in [0.2, 0.25) is 0 Å². The van der Waals surface area contributed by atoms with Crippen LogP contribution in [0.15, 0.2) is 23.0 Å². The zero-order valence-electron chi connectivity index (χ0n) is 19.6. The van der Waals surface area contributed by atoms with Gasteiger partial charge in [-0.05, 0) is 67.1 Å². The van der Waals surface area contributed by atoms with Crippen molar-refractivity contribution in [3.8, 4) is 0 Å². The molecule has 0 unspecified atom stereocenters. The van der Waals surface area contributed by atoms with E-state index in [0.29, 0.717) is 31.6 Å². The zero-order valence-corrected chi connectivity index (χ0v) is 19.6. The van der Waals surface area contributed by atoms with Gasteiger partial charge in [0.25, 0.3) is 5.56 Å². The summed E-state index contributed by atoms with van der Waals surface area (Å²) in [5, 5.41) is 13.0. The molecule has 0 bridgehead atoms. The number of fused-ring (bicyclic) bond motifs is 1. The van der Waals surface area contributed by atoms with Crippen molar-refractivity contribution in [1.29, 1.82) is 0 Å². The fourth-order valence-corrected chi connectivity index (χ4v) is 4.80. The molecule has 9 nitrogen and oxygen atoms in total. The van der Waals surface area contributed by atoms with Gasteiger partial charge in [-0.2, -0.15) is 0 Å². The molecule has 4 rings (SSSR count). The summed E-state index contributed by atoms with van der Waals surface area (Å²) in [5.41, 5.74) is 3.78. The Labute approximate surface area is 193 Å². The molecule has 3 aromatic rings. The molecule has 2 aromatic heterocycles. The summed E-state index contributed by atoms with van der Waals surface area (Å²) in [6.07, 6.45) is 5.72. The highest BCUT2D eigenvalue weighted by Crippen LogP contribution is 2.26. The number of nitrogens with zero attached hydrogens (tertiary/aromatic N) is 5. The maximum atomic E-state index is 13.0. The van der Waals surface area contributed by atoms with Gasteiger partial charge in [0.15, 0.2) is 5.82 Å². The van der Waals surface area contributed by atoms with Crippen molar-refractivity contribution in [2.75, 3.05) is 6.61 Å². The number of tetrazole rings is 1. The van der Waals surface area contributed by atoms with Crippen LogP contribution in [-0.4, -0.2) is 48.7 Å². The zero-order chi connectivity index (χ0) is 23.4. The lowest BCUT2D eigenvalue weighted by atomic mass is 9.93. The molecular weight excluding hydrogens is 420 g/mol. The van der Waals surface area contributed by atoms with Crippen molar-refractivity contribution in [3.63, 3.8) is 0 Å². The lowest BCUT2D eigenvalue weighted by molar-refractivity contribution is -0.144. The lowest BCUT2D eigenvalue weighted by Crippen LogP contribution is -2.38. The Morgan fingerprint density at radius 1 is 1.18 bits per heavy atom. The second kappa shape index (κ2) is 10.2. The van der Waals surface area contributed by atoms with Crippen LogP contribution < -0.4 is 5.56 Å². The molecule has 2 heterocycles. The van der Waals surface area contributed by atoms with E-state index in [-0.39, 0.29) is 18.1 Å². The van der Waals surface area contributed by atoms with E-state index < -0.39 is 0 Å². The van der Waals surface area contributed by atoms with Gasteiger partial charge in [0.05, 0.1) is 18.7 Å². The number of hydrogen-bond donors (Lipinski definition) is 1. The predicted molar refractivity (Wildman–Crippen MR) is 125 cm³/mol. The Hall–Kier alpha value is -3.07. The summed E-state index contributed by atoms with van der Waals surface area (Å²) in [5.74, 6) is 0.226. The van der Waals surface area contributed by atoms with Gasteiger partial charge in [0.1, 0.15) is 6.54 Å². The lowest BCUT2D eigenvalue weighted by Gasteiger charge is -2.33. The maximum absolute atomic E-state index is 13.0. The minimum Gasteiger partial charge on any atom is -0.465 e. The third-order valence-electron chi connectivity index (χ3n) is 6.37. The monoisotopic (exact) mass is 452 g/mol. The molecule has 176 valence electrons. The first-order valence-corrected chi connectivity index (χ1v) is 11.7. The minimum absolute atomic E-state index is 0.0240. The third-order valence-corrected chi connectivity index (χ3v) is 6.37. The van der Waals surface area contributed by atoms with Gasteiger partial charge in [-0.15, -0.1) is 5.10 Å². The average Bonchev–Trinajstić information content (AvgIpc) is 3.21. The Bertz CT molecular complexity index is 1180. The number of esters is 1. The van der Waals surface area contributed by atoms with E-state index in [1.54, 1.807) is 6.92 Å². The molecular formula is C24H32N6O3. The van der Waals surface area contributed by atoms with Crippen LogP contribution in [-0.2, 0) is 29.2 Å². The number of aryl methyl sites for hydroxylation is 2. The summed E-state index contributed by atoms with van der Waals surface area (Å²) in [7, 11) is 0. The SMILES string of the molecule is CCOC(=O)Cn1nnnc1CN(Cc1cc2cc(C)cc(C)c2[nH]c1=O)C1CCCCC1. The summed E-state index contributed by atoms with van der Waals surface area (Å²) in [6.45, 7) is 7.10. The number of nitrogens with one attached hydrogen (secondary N) is 1. The van der Waals surface area contributed by atoms with Crippen LogP contribution in [0.3, 0.4) is 0 Å². The van der Waals surface area contributed by atoms with E-state index in [4.69, 9.17) is 4.74 Å². The number of rotatable bonds is 8. The van der Waals surface area contributed by atoms with Crippen LogP contribution in [0.4, 0.5) is 0 Å². The number of aromatic amines is 1. The van der Waals surface area contributed by atoms with Gasteiger partial charge in [0, 0.05) is 18.2 Å². The highest BCUT2D eigenvalue weighted by molar-refractivity contribution is 5.82. The normalized spacial score (nSPS) is 14.8. The molecule has 1 N–H and O–H groups in total. The van der Waals surface area contributed by atoms with Gasteiger partial charge in [0.2, 0.25) is 0 Å². The Balaban J connectivity index is 1.63. The third kappa shape index (κ3) is 5.47. The van der Waals surface area contributed by atoms with Crippen LogP contribution in [0.25, 0.3) is 10.9 Å². The second-order valence-electron chi connectivity index (χ2n) is 8.92. The quantitative estimate of drug-likeness (QED) is 0.524. The maximum Gasteiger partial charge on any atom is 0.327 e. The minimum atomic E-state index is -0.369. The van der Waals surface area contributed by atoms with E-state index >= 15 is 0 Å². The molecule has 1 aliphatic carbocycles. The number of benzene rings is 1. The number of carbonyl (C=O) groups excluding carboxylic acids is 1. The Morgan fingerprint density at radius 2 is 1.97 bits per heavy atom. The molecule has 0 aliphatic heterocycles. The number of carbonyl (C=O) groups is 1. The summed E-state index contributed by atoms with van der Waals surface area (Å²) in [6, 6.07) is 6.52. The van der Waals surface area contributed by atoms with Crippen LogP contribution in [0, 0.1) is 13.8 Å². The molecule has 9 heteroatoms. The second-order valence-corrected chi connectivity index (χ2v) is 8.92. The van der Waals surface area contributed by atoms with Crippen molar-refractivity contribution >= 4 is 16.9 Å². The van der Waals surface area contributed by atoms with Crippen molar-refractivity contribution in [2.24, 2.45) is 0 Å². The number of H-pyrrole nitrogens is 1. The van der Waals surface area contributed by atoms with Crippen molar-refractivity contribution in [1.82, 2.24) is 30.1 Å². The molecule has 0 radical (unpaired) electrons. The predicted octanol–water partition coefficient (Wildman–Crippen LogP) is 3.03. The molecule has 33 heavy (non-hydrogen) atoms. The summed E-state index contributed by atoms with van der Waals surface area (Å²) in [4.78, 5) is 30.3. The molecule has 0 amide bonds. The molecule has 0 saturated heterocycles. The van der Waals surface area contributed by atoms with E-state index in [0.717, 1.165) is 34.9 Å². The molecule has 1 aromatic carbocycles. The molecule has 0 atom stereocenters. The number of pyridine rings is 1. The smallest absolute Gasteiger partial charge is 0.327 e. The van der Waals surface area contributed by atoms with Gasteiger partial charge in [-0.3, -0.25) is 14.5 Å². The first-order valence-electron chi connectivity index (χ1n) is 11.7. The highest BCUT2D eigenvalue weighted by Gasteiger charge is 2.25. The van der Waals surface area contributed by atoms with E-state index in [1.807, 2.05) is 13.0 Å². The fraction of sp³-hybridized carbons (Fsp3) is 0.542.